The standard InChI is InChI=1S/C17H23N5O3S/c1-12-10-16(22(3)4)21-17(20-12)18-8-9-19-26(24,25)15-7-5-6-14(11-15)13(2)23/h5-7,10-11,19H,8-9H2,1-4H3,(H,18,20,21). The molecule has 0 saturated carbocycles. The number of ketones is 1. The molecule has 0 unspecified atom stereocenters. The van der Waals surface area contributed by atoms with Crippen molar-refractivity contribution in [2.24, 2.45) is 0 Å². The number of carbonyl (C=O) groups excluding carboxylic acids is 1. The van der Waals surface area contributed by atoms with Crippen LogP contribution in [0.1, 0.15) is 23.0 Å². The van der Waals surface area contributed by atoms with E-state index in [4.69, 9.17) is 0 Å². The molecular formula is C17H23N5O3S. The van der Waals surface area contributed by atoms with Crippen molar-refractivity contribution < 1.29 is 13.2 Å². The summed E-state index contributed by atoms with van der Waals surface area (Å²) in [5.74, 6) is 1.02. The Balaban J connectivity index is 1.97. The van der Waals surface area contributed by atoms with Gasteiger partial charge >= 0.3 is 0 Å². The Hall–Kier alpha value is -2.52. The van der Waals surface area contributed by atoms with Gasteiger partial charge in [0.2, 0.25) is 16.0 Å². The van der Waals surface area contributed by atoms with Crippen LogP contribution in [-0.4, -0.2) is 51.4 Å². The number of nitrogens with one attached hydrogen (secondary N) is 2. The van der Waals surface area contributed by atoms with E-state index in [1.165, 1.54) is 19.1 Å². The van der Waals surface area contributed by atoms with Crippen LogP contribution in [0.3, 0.4) is 0 Å². The molecule has 0 aliphatic carbocycles. The number of sulfonamides is 1. The van der Waals surface area contributed by atoms with Crippen molar-refractivity contribution in [1.29, 1.82) is 0 Å². The lowest BCUT2D eigenvalue weighted by Gasteiger charge is -2.14. The Labute approximate surface area is 153 Å². The molecular weight excluding hydrogens is 354 g/mol. The second kappa shape index (κ2) is 8.24. The summed E-state index contributed by atoms with van der Waals surface area (Å²) in [7, 11) is 0.0758. The Morgan fingerprint density at radius 1 is 1.15 bits per heavy atom. The van der Waals surface area contributed by atoms with Gasteiger partial charge in [0.1, 0.15) is 5.82 Å². The highest BCUT2D eigenvalue weighted by molar-refractivity contribution is 7.89. The lowest BCUT2D eigenvalue weighted by Crippen LogP contribution is -2.29. The molecule has 1 aromatic heterocycles. The number of hydrogen-bond donors (Lipinski definition) is 2. The second-order valence-electron chi connectivity index (χ2n) is 5.99. The minimum Gasteiger partial charge on any atom is -0.363 e. The average molecular weight is 377 g/mol. The van der Waals surface area contributed by atoms with E-state index in [1.807, 2.05) is 32.0 Å². The van der Waals surface area contributed by atoms with Crippen molar-refractivity contribution in [3.8, 4) is 0 Å². The van der Waals surface area contributed by atoms with Gasteiger partial charge < -0.3 is 10.2 Å². The third-order valence-electron chi connectivity index (χ3n) is 3.55. The van der Waals surface area contributed by atoms with Crippen LogP contribution in [0.2, 0.25) is 0 Å². The van der Waals surface area contributed by atoms with Crippen molar-refractivity contribution in [2.45, 2.75) is 18.7 Å². The van der Waals surface area contributed by atoms with Crippen LogP contribution in [0, 0.1) is 6.92 Å². The first kappa shape index (κ1) is 19.8. The lowest BCUT2D eigenvalue weighted by atomic mass is 10.2. The summed E-state index contributed by atoms with van der Waals surface area (Å²) in [6, 6.07) is 7.81. The van der Waals surface area contributed by atoms with E-state index in [0.717, 1.165) is 11.5 Å². The Morgan fingerprint density at radius 2 is 1.88 bits per heavy atom. The molecule has 8 nitrogen and oxygen atoms in total. The van der Waals surface area contributed by atoms with Crippen LogP contribution in [0.4, 0.5) is 11.8 Å². The summed E-state index contributed by atoms with van der Waals surface area (Å²) >= 11 is 0. The van der Waals surface area contributed by atoms with E-state index >= 15 is 0 Å². The van der Waals surface area contributed by atoms with Gasteiger partial charge in [-0.1, -0.05) is 12.1 Å². The van der Waals surface area contributed by atoms with Gasteiger partial charge in [0, 0.05) is 44.5 Å². The van der Waals surface area contributed by atoms with Gasteiger partial charge in [0.25, 0.3) is 0 Å². The van der Waals surface area contributed by atoms with E-state index in [0.29, 0.717) is 18.1 Å². The number of benzene rings is 1. The number of Topliss-reactive ketones (excluding diaryl/α,β-unsaturated/α-hetero) is 1. The maximum absolute atomic E-state index is 12.3. The number of aryl methyl sites for hydroxylation is 1. The predicted molar refractivity (Wildman–Crippen MR) is 101 cm³/mol. The smallest absolute Gasteiger partial charge is 0.240 e. The van der Waals surface area contributed by atoms with Gasteiger partial charge in [0.15, 0.2) is 5.78 Å². The maximum atomic E-state index is 12.3. The zero-order valence-electron chi connectivity index (χ0n) is 15.3. The van der Waals surface area contributed by atoms with Gasteiger partial charge in [-0.2, -0.15) is 4.98 Å². The summed E-state index contributed by atoms with van der Waals surface area (Å²) in [5.41, 5.74) is 1.17. The van der Waals surface area contributed by atoms with Gasteiger partial charge in [-0.15, -0.1) is 0 Å². The van der Waals surface area contributed by atoms with Crippen molar-refractivity contribution in [1.82, 2.24) is 14.7 Å². The molecule has 1 heterocycles. The van der Waals surface area contributed by atoms with Crippen LogP contribution >= 0.6 is 0 Å². The zero-order chi connectivity index (χ0) is 19.3. The highest BCUT2D eigenvalue weighted by Gasteiger charge is 2.14. The fourth-order valence-electron chi connectivity index (χ4n) is 2.19. The largest absolute Gasteiger partial charge is 0.363 e. The molecule has 140 valence electrons. The molecule has 26 heavy (non-hydrogen) atoms. The van der Waals surface area contributed by atoms with E-state index in [9.17, 15) is 13.2 Å². The Kier molecular flexibility index (Phi) is 6.27. The van der Waals surface area contributed by atoms with E-state index in [-0.39, 0.29) is 17.2 Å². The third kappa shape index (κ3) is 5.24. The first-order chi connectivity index (χ1) is 12.2. The number of rotatable bonds is 8. The molecule has 0 aliphatic heterocycles. The van der Waals surface area contributed by atoms with E-state index in [2.05, 4.69) is 20.0 Å². The SMILES string of the molecule is CC(=O)c1cccc(S(=O)(=O)NCCNc2nc(C)cc(N(C)C)n2)c1. The molecule has 2 N–H and O–H groups in total. The number of aromatic nitrogens is 2. The van der Waals surface area contributed by atoms with Crippen LogP contribution in [0.15, 0.2) is 35.2 Å². The van der Waals surface area contributed by atoms with Crippen LogP contribution in [0.5, 0.6) is 0 Å². The number of anilines is 2. The zero-order valence-corrected chi connectivity index (χ0v) is 16.1. The van der Waals surface area contributed by atoms with E-state index < -0.39 is 10.0 Å². The molecule has 0 radical (unpaired) electrons. The van der Waals surface area contributed by atoms with Gasteiger partial charge in [-0.05, 0) is 26.0 Å². The molecule has 1 aromatic carbocycles. The summed E-state index contributed by atoms with van der Waals surface area (Å²) in [6.07, 6.45) is 0. The molecule has 0 saturated heterocycles. The predicted octanol–water partition coefficient (Wildman–Crippen LogP) is 1.44. The molecule has 9 heteroatoms. The maximum Gasteiger partial charge on any atom is 0.240 e. The van der Waals surface area contributed by atoms with Crippen LogP contribution in [0.25, 0.3) is 0 Å². The highest BCUT2D eigenvalue weighted by atomic mass is 32.2. The molecule has 0 amide bonds. The van der Waals surface area contributed by atoms with Crippen molar-refractivity contribution >= 4 is 27.6 Å². The molecule has 0 spiro atoms. The average Bonchev–Trinajstić information content (AvgIpc) is 2.58. The molecule has 0 aliphatic rings. The van der Waals surface area contributed by atoms with Gasteiger partial charge in [-0.3, -0.25) is 4.79 Å². The summed E-state index contributed by atoms with van der Waals surface area (Å²) in [6.45, 7) is 3.74. The summed E-state index contributed by atoms with van der Waals surface area (Å²) in [5, 5.41) is 3.00. The van der Waals surface area contributed by atoms with Crippen LogP contribution in [-0.2, 0) is 10.0 Å². The quantitative estimate of drug-likeness (QED) is 0.530. The topological polar surface area (TPSA) is 104 Å². The number of carbonyl (C=O) groups is 1. The summed E-state index contributed by atoms with van der Waals surface area (Å²) in [4.78, 5) is 22.0. The molecule has 0 fully saturated rings. The first-order valence-electron chi connectivity index (χ1n) is 8.06. The second-order valence-corrected chi connectivity index (χ2v) is 7.76. The highest BCUT2D eigenvalue weighted by Crippen LogP contribution is 2.13. The Morgan fingerprint density at radius 3 is 2.54 bits per heavy atom. The lowest BCUT2D eigenvalue weighted by molar-refractivity contribution is 0.101. The first-order valence-corrected chi connectivity index (χ1v) is 9.55. The molecule has 0 atom stereocenters. The monoisotopic (exact) mass is 377 g/mol. The number of hydrogen-bond acceptors (Lipinski definition) is 7. The minimum absolute atomic E-state index is 0.0619. The minimum atomic E-state index is -3.69. The molecule has 0 bridgehead atoms. The number of nitrogens with zero attached hydrogens (tertiary/aromatic N) is 3. The van der Waals surface area contributed by atoms with Crippen molar-refractivity contribution in [2.75, 3.05) is 37.4 Å². The Bertz CT molecular complexity index is 897. The van der Waals surface area contributed by atoms with Gasteiger partial charge in [-0.25, -0.2) is 18.1 Å². The van der Waals surface area contributed by atoms with Crippen LogP contribution < -0.4 is 14.9 Å². The fraction of sp³-hybridized carbons (Fsp3) is 0.353. The van der Waals surface area contributed by atoms with Gasteiger partial charge in [0.05, 0.1) is 4.90 Å². The van der Waals surface area contributed by atoms with Crippen molar-refractivity contribution in [3.63, 3.8) is 0 Å². The fourth-order valence-corrected chi connectivity index (χ4v) is 3.26. The molecule has 2 aromatic rings. The summed E-state index contributed by atoms with van der Waals surface area (Å²) < 4.78 is 27.2. The van der Waals surface area contributed by atoms with Crippen molar-refractivity contribution in [3.05, 3.63) is 41.6 Å². The molecule has 2 rings (SSSR count). The normalized spacial score (nSPS) is 11.2. The van der Waals surface area contributed by atoms with E-state index in [1.54, 1.807) is 12.1 Å². The third-order valence-corrected chi connectivity index (χ3v) is 5.01.